The SMILES string of the molecule is CC1=C(C2=CCNCC2)N(CC(=O)Nc2ccc(F)cc2)CC=C1. The highest BCUT2D eigenvalue weighted by atomic mass is 19.1. The highest BCUT2D eigenvalue weighted by Crippen LogP contribution is 2.26. The number of benzene rings is 1. The number of halogens is 1. The smallest absolute Gasteiger partial charge is 0.243 e. The van der Waals surface area contributed by atoms with Crippen LogP contribution >= 0.6 is 0 Å². The van der Waals surface area contributed by atoms with E-state index in [1.165, 1.54) is 23.3 Å². The molecule has 0 aliphatic carbocycles. The average molecular weight is 327 g/mol. The van der Waals surface area contributed by atoms with Crippen LogP contribution in [0.1, 0.15) is 13.3 Å². The third kappa shape index (κ3) is 3.92. The molecule has 5 heteroatoms. The van der Waals surface area contributed by atoms with Gasteiger partial charge in [-0.15, -0.1) is 0 Å². The average Bonchev–Trinajstić information content (AvgIpc) is 2.58. The second-order valence-corrected chi connectivity index (χ2v) is 6.05. The molecule has 2 heterocycles. The van der Waals surface area contributed by atoms with Crippen LogP contribution in [0.5, 0.6) is 0 Å². The summed E-state index contributed by atoms with van der Waals surface area (Å²) in [5.41, 5.74) is 4.25. The molecule has 1 amide bonds. The fourth-order valence-electron chi connectivity index (χ4n) is 3.12. The third-order valence-electron chi connectivity index (χ3n) is 4.21. The van der Waals surface area contributed by atoms with Crippen LogP contribution in [-0.2, 0) is 4.79 Å². The lowest BCUT2D eigenvalue weighted by Crippen LogP contribution is -2.36. The molecule has 4 nitrogen and oxygen atoms in total. The lowest BCUT2D eigenvalue weighted by atomic mass is 9.98. The molecule has 2 aliphatic rings. The van der Waals surface area contributed by atoms with Crippen molar-refractivity contribution in [2.24, 2.45) is 0 Å². The molecule has 2 N–H and O–H groups in total. The summed E-state index contributed by atoms with van der Waals surface area (Å²) < 4.78 is 13.0. The standard InChI is InChI=1S/C19H22FN3O/c1-14-3-2-12-23(19(14)15-8-10-21-11-9-15)13-18(24)22-17-6-4-16(20)5-7-17/h2-8,21H,9-13H2,1H3,(H,22,24). The van der Waals surface area contributed by atoms with Crippen molar-refractivity contribution in [3.63, 3.8) is 0 Å². The Hall–Kier alpha value is -2.40. The first kappa shape index (κ1) is 16.5. The Morgan fingerprint density at radius 2 is 2.12 bits per heavy atom. The molecule has 0 saturated heterocycles. The van der Waals surface area contributed by atoms with Gasteiger partial charge in [0.05, 0.1) is 6.54 Å². The van der Waals surface area contributed by atoms with Crippen LogP contribution in [0.15, 0.2) is 59.3 Å². The van der Waals surface area contributed by atoms with Gasteiger partial charge in [0.15, 0.2) is 0 Å². The van der Waals surface area contributed by atoms with Crippen LogP contribution in [0, 0.1) is 5.82 Å². The van der Waals surface area contributed by atoms with Crippen molar-refractivity contribution < 1.29 is 9.18 Å². The summed E-state index contributed by atoms with van der Waals surface area (Å²) in [6.07, 6.45) is 7.36. The lowest BCUT2D eigenvalue weighted by molar-refractivity contribution is -0.116. The summed E-state index contributed by atoms with van der Waals surface area (Å²) >= 11 is 0. The Bertz CT molecular complexity index is 704. The molecule has 0 saturated carbocycles. The predicted molar refractivity (Wildman–Crippen MR) is 94.0 cm³/mol. The zero-order valence-corrected chi connectivity index (χ0v) is 13.8. The van der Waals surface area contributed by atoms with Crippen LogP contribution in [0.4, 0.5) is 10.1 Å². The zero-order chi connectivity index (χ0) is 16.9. The summed E-state index contributed by atoms with van der Waals surface area (Å²) in [5, 5.41) is 6.15. The molecule has 24 heavy (non-hydrogen) atoms. The van der Waals surface area contributed by atoms with Crippen molar-refractivity contribution in [1.29, 1.82) is 0 Å². The first-order chi connectivity index (χ1) is 11.6. The number of anilines is 1. The summed E-state index contributed by atoms with van der Waals surface area (Å²) in [6, 6.07) is 5.82. The molecule has 0 bridgehead atoms. The Morgan fingerprint density at radius 1 is 1.33 bits per heavy atom. The number of carbonyl (C=O) groups excluding carboxylic acids is 1. The van der Waals surface area contributed by atoms with Crippen LogP contribution < -0.4 is 10.6 Å². The summed E-state index contributed by atoms with van der Waals surface area (Å²) in [5.74, 6) is -0.412. The van der Waals surface area contributed by atoms with Crippen LogP contribution in [0.2, 0.25) is 0 Å². The number of carbonyl (C=O) groups is 1. The number of amides is 1. The molecule has 1 aromatic carbocycles. The van der Waals surface area contributed by atoms with Crippen molar-refractivity contribution >= 4 is 11.6 Å². The minimum absolute atomic E-state index is 0.100. The van der Waals surface area contributed by atoms with E-state index < -0.39 is 0 Å². The monoisotopic (exact) mass is 327 g/mol. The number of allylic oxidation sites excluding steroid dienone is 3. The van der Waals surface area contributed by atoms with Crippen molar-refractivity contribution in [2.75, 3.05) is 31.5 Å². The molecule has 2 aliphatic heterocycles. The van der Waals surface area contributed by atoms with E-state index in [9.17, 15) is 9.18 Å². The molecule has 0 unspecified atom stereocenters. The fraction of sp³-hybridized carbons (Fsp3) is 0.316. The molecule has 0 radical (unpaired) electrons. The van der Waals surface area contributed by atoms with E-state index in [0.717, 1.165) is 25.2 Å². The van der Waals surface area contributed by atoms with Gasteiger partial charge >= 0.3 is 0 Å². The minimum Gasteiger partial charge on any atom is -0.358 e. The first-order valence-electron chi connectivity index (χ1n) is 8.21. The van der Waals surface area contributed by atoms with Gasteiger partial charge in [-0.3, -0.25) is 4.79 Å². The lowest BCUT2D eigenvalue weighted by Gasteiger charge is -2.32. The van der Waals surface area contributed by atoms with Crippen molar-refractivity contribution in [3.8, 4) is 0 Å². The maximum absolute atomic E-state index is 13.0. The van der Waals surface area contributed by atoms with Gasteiger partial charge in [-0.1, -0.05) is 18.2 Å². The van der Waals surface area contributed by atoms with Crippen molar-refractivity contribution in [2.45, 2.75) is 13.3 Å². The molecular formula is C19H22FN3O. The summed E-state index contributed by atoms with van der Waals surface area (Å²) in [4.78, 5) is 14.5. The van der Waals surface area contributed by atoms with Crippen LogP contribution in [0.3, 0.4) is 0 Å². The Balaban J connectivity index is 1.70. The third-order valence-corrected chi connectivity index (χ3v) is 4.21. The van der Waals surface area contributed by atoms with Crippen LogP contribution in [0.25, 0.3) is 0 Å². The van der Waals surface area contributed by atoms with Gasteiger partial charge in [-0.2, -0.15) is 0 Å². The van der Waals surface area contributed by atoms with Gasteiger partial charge in [0, 0.05) is 24.5 Å². The normalized spacial score (nSPS) is 17.8. The van der Waals surface area contributed by atoms with Gasteiger partial charge in [-0.05, 0) is 55.3 Å². The number of nitrogens with one attached hydrogen (secondary N) is 2. The zero-order valence-electron chi connectivity index (χ0n) is 13.8. The number of nitrogens with zero attached hydrogens (tertiary/aromatic N) is 1. The van der Waals surface area contributed by atoms with Gasteiger partial charge in [0.2, 0.25) is 5.91 Å². The highest BCUT2D eigenvalue weighted by Gasteiger charge is 2.21. The van der Waals surface area contributed by atoms with E-state index >= 15 is 0 Å². The maximum Gasteiger partial charge on any atom is 0.243 e. The molecule has 3 rings (SSSR count). The molecule has 0 spiro atoms. The van der Waals surface area contributed by atoms with Gasteiger partial charge in [0.1, 0.15) is 5.82 Å². The number of hydrogen-bond acceptors (Lipinski definition) is 3. The molecule has 0 aromatic heterocycles. The number of hydrogen-bond donors (Lipinski definition) is 2. The van der Waals surface area contributed by atoms with E-state index in [-0.39, 0.29) is 18.3 Å². The van der Waals surface area contributed by atoms with Gasteiger partial charge in [-0.25, -0.2) is 4.39 Å². The molecular weight excluding hydrogens is 305 g/mol. The Kier molecular flexibility index (Phi) is 5.11. The maximum atomic E-state index is 13.0. The topological polar surface area (TPSA) is 44.4 Å². The van der Waals surface area contributed by atoms with E-state index in [4.69, 9.17) is 0 Å². The quantitative estimate of drug-likeness (QED) is 0.894. The van der Waals surface area contributed by atoms with Gasteiger partial charge < -0.3 is 15.5 Å². The van der Waals surface area contributed by atoms with E-state index in [1.807, 2.05) is 0 Å². The second kappa shape index (κ2) is 7.45. The largest absolute Gasteiger partial charge is 0.358 e. The number of rotatable bonds is 4. The van der Waals surface area contributed by atoms with Crippen molar-refractivity contribution in [1.82, 2.24) is 10.2 Å². The molecule has 1 aromatic rings. The summed E-state index contributed by atoms with van der Waals surface area (Å²) in [7, 11) is 0. The first-order valence-corrected chi connectivity index (χ1v) is 8.21. The van der Waals surface area contributed by atoms with Crippen molar-refractivity contribution in [3.05, 3.63) is 65.2 Å². The molecule has 126 valence electrons. The van der Waals surface area contributed by atoms with Crippen LogP contribution in [-0.4, -0.2) is 37.0 Å². The molecule has 0 fully saturated rings. The summed E-state index contributed by atoms with van der Waals surface area (Å²) in [6.45, 7) is 4.90. The minimum atomic E-state index is -0.312. The Labute approximate surface area is 141 Å². The van der Waals surface area contributed by atoms with E-state index in [0.29, 0.717) is 12.2 Å². The molecule has 0 atom stereocenters. The van der Waals surface area contributed by atoms with E-state index in [2.05, 4.69) is 40.7 Å². The highest BCUT2D eigenvalue weighted by molar-refractivity contribution is 5.92. The second-order valence-electron chi connectivity index (χ2n) is 6.05. The Morgan fingerprint density at radius 3 is 2.83 bits per heavy atom. The van der Waals surface area contributed by atoms with E-state index in [1.54, 1.807) is 12.1 Å². The fourth-order valence-corrected chi connectivity index (χ4v) is 3.12. The predicted octanol–water partition coefficient (Wildman–Crippen LogP) is 2.83. The van der Waals surface area contributed by atoms with Gasteiger partial charge in [0.25, 0.3) is 0 Å².